The summed E-state index contributed by atoms with van der Waals surface area (Å²) in [4.78, 5) is 4.56. The van der Waals surface area contributed by atoms with Crippen LogP contribution in [0.3, 0.4) is 0 Å². The van der Waals surface area contributed by atoms with Crippen LogP contribution >= 0.6 is 0 Å². The van der Waals surface area contributed by atoms with Crippen LogP contribution < -0.4 is 5.32 Å². The van der Waals surface area contributed by atoms with Crippen LogP contribution in [0, 0.1) is 13.8 Å². The van der Waals surface area contributed by atoms with Gasteiger partial charge in [0.05, 0.1) is 5.92 Å². The van der Waals surface area contributed by atoms with E-state index < -0.39 is 0 Å². The molecule has 4 heteroatoms. The molecule has 21 heavy (non-hydrogen) atoms. The largest absolute Gasteiger partial charge is 0.339 e. The van der Waals surface area contributed by atoms with E-state index in [2.05, 4.69) is 61.4 Å². The van der Waals surface area contributed by atoms with Crippen LogP contribution in [0.2, 0.25) is 0 Å². The standard InChI is InChI=1S/C17H25N3O/c1-6-15(18-5)13(4)17-19-16(20-21-17)10-14-8-11(2)7-12(3)9-14/h7-9,13,15,18H,6,10H2,1-5H3. The number of aromatic nitrogens is 2. The lowest BCUT2D eigenvalue weighted by Gasteiger charge is -2.18. The molecule has 0 bridgehead atoms. The molecule has 0 aliphatic carbocycles. The Hall–Kier alpha value is -1.68. The molecule has 2 aromatic rings. The Morgan fingerprint density at radius 3 is 2.43 bits per heavy atom. The number of likely N-dealkylation sites (N-methyl/N-ethyl adjacent to an activating group) is 1. The summed E-state index contributed by atoms with van der Waals surface area (Å²) in [6.07, 6.45) is 1.75. The fourth-order valence-corrected chi connectivity index (χ4v) is 2.86. The Bertz CT molecular complexity index is 567. The first kappa shape index (κ1) is 15.7. The summed E-state index contributed by atoms with van der Waals surface area (Å²) >= 11 is 0. The predicted octanol–water partition coefficient (Wildman–Crippen LogP) is 3.38. The van der Waals surface area contributed by atoms with Crippen molar-refractivity contribution < 1.29 is 4.52 Å². The third-order valence-electron chi connectivity index (χ3n) is 3.93. The first-order valence-electron chi connectivity index (χ1n) is 7.60. The van der Waals surface area contributed by atoms with Gasteiger partial charge in [-0.3, -0.25) is 0 Å². The lowest BCUT2D eigenvalue weighted by atomic mass is 10.00. The van der Waals surface area contributed by atoms with Crippen molar-refractivity contribution in [1.29, 1.82) is 0 Å². The molecular weight excluding hydrogens is 262 g/mol. The molecule has 0 radical (unpaired) electrons. The van der Waals surface area contributed by atoms with Gasteiger partial charge in [0.1, 0.15) is 0 Å². The van der Waals surface area contributed by atoms with Crippen LogP contribution in [0.15, 0.2) is 22.7 Å². The Kier molecular flexibility index (Phi) is 5.12. The first-order chi connectivity index (χ1) is 10.0. The zero-order chi connectivity index (χ0) is 15.4. The molecule has 4 nitrogen and oxygen atoms in total. The van der Waals surface area contributed by atoms with Gasteiger partial charge in [0.15, 0.2) is 5.82 Å². The molecule has 0 aliphatic heterocycles. The molecule has 2 rings (SSSR count). The Morgan fingerprint density at radius 2 is 1.86 bits per heavy atom. The minimum absolute atomic E-state index is 0.223. The summed E-state index contributed by atoms with van der Waals surface area (Å²) < 4.78 is 5.44. The number of hydrogen-bond acceptors (Lipinski definition) is 4. The van der Waals surface area contributed by atoms with Gasteiger partial charge in [0, 0.05) is 12.5 Å². The van der Waals surface area contributed by atoms with Crippen LogP contribution in [0.4, 0.5) is 0 Å². The molecule has 1 N–H and O–H groups in total. The highest BCUT2D eigenvalue weighted by Gasteiger charge is 2.21. The summed E-state index contributed by atoms with van der Waals surface area (Å²) in [5.41, 5.74) is 3.76. The van der Waals surface area contributed by atoms with E-state index in [1.54, 1.807) is 0 Å². The van der Waals surface area contributed by atoms with Gasteiger partial charge < -0.3 is 9.84 Å². The third kappa shape index (κ3) is 3.91. The normalized spacial score (nSPS) is 14.1. The zero-order valence-corrected chi connectivity index (χ0v) is 13.6. The molecule has 114 valence electrons. The zero-order valence-electron chi connectivity index (χ0n) is 13.6. The maximum atomic E-state index is 5.44. The smallest absolute Gasteiger partial charge is 0.231 e. The second-order valence-electron chi connectivity index (χ2n) is 5.81. The van der Waals surface area contributed by atoms with Crippen molar-refractivity contribution in [3.63, 3.8) is 0 Å². The van der Waals surface area contributed by atoms with Crippen LogP contribution in [-0.4, -0.2) is 23.2 Å². The molecule has 0 spiro atoms. The number of benzene rings is 1. The SMILES string of the molecule is CCC(NC)C(C)c1nc(Cc2cc(C)cc(C)c2)no1. The Morgan fingerprint density at radius 1 is 1.19 bits per heavy atom. The fraction of sp³-hybridized carbons (Fsp3) is 0.529. The fourth-order valence-electron chi connectivity index (χ4n) is 2.86. The third-order valence-corrected chi connectivity index (χ3v) is 3.93. The van der Waals surface area contributed by atoms with Gasteiger partial charge in [-0.15, -0.1) is 0 Å². The Balaban J connectivity index is 2.12. The summed E-state index contributed by atoms with van der Waals surface area (Å²) in [6, 6.07) is 6.88. The van der Waals surface area contributed by atoms with E-state index in [1.165, 1.54) is 16.7 Å². The van der Waals surface area contributed by atoms with E-state index in [0.717, 1.165) is 24.6 Å². The van der Waals surface area contributed by atoms with E-state index in [0.29, 0.717) is 6.04 Å². The van der Waals surface area contributed by atoms with Gasteiger partial charge in [-0.1, -0.05) is 48.3 Å². The molecule has 0 amide bonds. The van der Waals surface area contributed by atoms with Gasteiger partial charge in [0.25, 0.3) is 0 Å². The maximum absolute atomic E-state index is 5.44. The number of rotatable bonds is 6. The van der Waals surface area contributed by atoms with E-state index in [1.807, 2.05) is 7.05 Å². The topological polar surface area (TPSA) is 51.0 Å². The molecule has 2 atom stereocenters. The molecule has 0 aliphatic rings. The van der Waals surface area contributed by atoms with Gasteiger partial charge in [-0.05, 0) is 32.9 Å². The van der Waals surface area contributed by atoms with Crippen molar-refractivity contribution in [3.05, 3.63) is 46.6 Å². The molecule has 0 saturated heterocycles. The van der Waals surface area contributed by atoms with Crippen LogP contribution in [0.25, 0.3) is 0 Å². The van der Waals surface area contributed by atoms with Gasteiger partial charge in [-0.25, -0.2) is 0 Å². The van der Waals surface area contributed by atoms with Gasteiger partial charge in [-0.2, -0.15) is 4.98 Å². The van der Waals surface area contributed by atoms with Crippen LogP contribution in [0.5, 0.6) is 0 Å². The van der Waals surface area contributed by atoms with E-state index >= 15 is 0 Å². The summed E-state index contributed by atoms with van der Waals surface area (Å²) in [5, 5.41) is 7.43. The highest BCUT2D eigenvalue weighted by molar-refractivity contribution is 5.30. The van der Waals surface area contributed by atoms with Crippen molar-refractivity contribution >= 4 is 0 Å². The van der Waals surface area contributed by atoms with Crippen LogP contribution in [0.1, 0.15) is 54.6 Å². The average Bonchev–Trinajstić information content (AvgIpc) is 2.87. The van der Waals surface area contributed by atoms with Gasteiger partial charge in [0.2, 0.25) is 5.89 Å². The van der Waals surface area contributed by atoms with Crippen molar-refractivity contribution in [2.45, 2.75) is 52.5 Å². The second-order valence-corrected chi connectivity index (χ2v) is 5.81. The number of nitrogens with one attached hydrogen (secondary N) is 1. The summed E-state index contributed by atoms with van der Waals surface area (Å²) in [6.45, 7) is 8.50. The number of aryl methyl sites for hydroxylation is 2. The highest BCUT2D eigenvalue weighted by atomic mass is 16.5. The van der Waals surface area contributed by atoms with Crippen LogP contribution in [-0.2, 0) is 6.42 Å². The number of nitrogens with zero attached hydrogens (tertiary/aromatic N) is 2. The maximum Gasteiger partial charge on any atom is 0.231 e. The lowest BCUT2D eigenvalue weighted by molar-refractivity contribution is 0.324. The van der Waals surface area contributed by atoms with Crippen molar-refractivity contribution in [2.24, 2.45) is 0 Å². The Labute approximate surface area is 127 Å². The molecule has 1 heterocycles. The van der Waals surface area contributed by atoms with Crippen molar-refractivity contribution in [1.82, 2.24) is 15.5 Å². The molecule has 1 aromatic carbocycles. The highest BCUT2D eigenvalue weighted by Crippen LogP contribution is 2.20. The first-order valence-corrected chi connectivity index (χ1v) is 7.60. The average molecular weight is 287 g/mol. The summed E-state index contributed by atoms with van der Waals surface area (Å²) in [7, 11) is 1.97. The van der Waals surface area contributed by atoms with E-state index in [4.69, 9.17) is 4.52 Å². The monoisotopic (exact) mass is 287 g/mol. The molecular formula is C17H25N3O. The minimum Gasteiger partial charge on any atom is -0.339 e. The lowest BCUT2D eigenvalue weighted by Crippen LogP contribution is -2.30. The van der Waals surface area contributed by atoms with E-state index in [-0.39, 0.29) is 5.92 Å². The molecule has 0 fully saturated rings. The molecule has 2 unspecified atom stereocenters. The van der Waals surface area contributed by atoms with Gasteiger partial charge >= 0.3 is 0 Å². The summed E-state index contributed by atoms with van der Waals surface area (Å²) in [5.74, 6) is 1.70. The predicted molar refractivity (Wildman–Crippen MR) is 84.6 cm³/mol. The van der Waals surface area contributed by atoms with E-state index in [9.17, 15) is 0 Å². The second kappa shape index (κ2) is 6.85. The number of hydrogen-bond donors (Lipinski definition) is 1. The molecule has 1 aromatic heterocycles. The minimum atomic E-state index is 0.223. The van der Waals surface area contributed by atoms with Crippen molar-refractivity contribution in [2.75, 3.05) is 7.05 Å². The van der Waals surface area contributed by atoms with Crippen molar-refractivity contribution in [3.8, 4) is 0 Å². The quantitative estimate of drug-likeness (QED) is 0.885. The molecule has 0 saturated carbocycles.